The van der Waals surface area contributed by atoms with Gasteiger partial charge in [0.05, 0.1) is 29.5 Å². The van der Waals surface area contributed by atoms with Crippen LogP contribution in [0, 0.1) is 5.82 Å². The first kappa shape index (κ1) is 14.9. The van der Waals surface area contributed by atoms with Crippen molar-refractivity contribution in [2.75, 3.05) is 26.3 Å². The zero-order chi connectivity index (χ0) is 15.5. The molecule has 0 spiro atoms. The molecule has 0 aliphatic carbocycles. The minimum absolute atomic E-state index is 0.0489. The van der Waals surface area contributed by atoms with E-state index in [1.165, 1.54) is 12.3 Å². The summed E-state index contributed by atoms with van der Waals surface area (Å²) in [5.41, 5.74) is 1.24. The molecule has 0 unspecified atom stereocenters. The van der Waals surface area contributed by atoms with E-state index < -0.39 is 5.82 Å². The molecule has 0 radical (unpaired) electrons. The van der Waals surface area contributed by atoms with Gasteiger partial charge in [-0.1, -0.05) is 17.7 Å². The van der Waals surface area contributed by atoms with Crippen molar-refractivity contribution < 1.29 is 13.9 Å². The second-order valence-electron chi connectivity index (χ2n) is 4.94. The van der Waals surface area contributed by atoms with Gasteiger partial charge in [0.15, 0.2) is 5.82 Å². The highest BCUT2D eigenvalue weighted by Crippen LogP contribution is 2.26. The Labute approximate surface area is 132 Å². The van der Waals surface area contributed by atoms with Gasteiger partial charge in [0.25, 0.3) is 5.91 Å². The third-order valence-electron chi connectivity index (χ3n) is 3.54. The van der Waals surface area contributed by atoms with Crippen LogP contribution in [0.1, 0.15) is 10.4 Å². The minimum Gasteiger partial charge on any atom is -0.378 e. The van der Waals surface area contributed by atoms with Gasteiger partial charge in [0.2, 0.25) is 0 Å². The fourth-order valence-corrected chi connectivity index (χ4v) is 2.50. The molecular formula is C16H14ClFN2O2. The maximum absolute atomic E-state index is 14.0. The predicted molar refractivity (Wildman–Crippen MR) is 81.4 cm³/mol. The van der Waals surface area contributed by atoms with Crippen molar-refractivity contribution >= 4 is 17.5 Å². The Morgan fingerprint density at radius 3 is 2.68 bits per heavy atom. The molecule has 0 atom stereocenters. The van der Waals surface area contributed by atoms with E-state index in [1.54, 1.807) is 29.2 Å². The number of nitrogens with zero attached hydrogens (tertiary/aromatic N) is 2. The maximum atomic E-state index is 14.0. The molecule has 114 valence electrons. The average molecular weight is 321 g/mol. The van der Waals surface area contributed by atoms with Gasteiger partial charge in [-0.3, -0.25) is 9.78 Å². The summed E-state index contributed by atoms with van der Waals surface area (Å²) in [6, 6.07) is 8.03. The highest BCUT2D eigenvalue weighted by molar-refractivity contribution is 6.31. The number of hydrogen-bond acceptors (Lipinski definition) is 3. The van der Waals surface area contributed by atoms with Gasteiger partial charge in [0, 0.05) is 24.8 Å². The van der Waals surface area contributed by atoms with Crippen molar-refractivity contribution in [3.05, 3.63) is 52.9 Å². The molecule has 6 heteroatoms. The van der Waals surface area contributed by atoms with Crippen LogP contribution in [0.4, 0.5) is 4.39 Å². The monoisotopic (exact) mass is 320 g/mol. The Bertz CT molecular complexity index is 685. The smallest absolute Gasteiger partial charge is 0.255 e. The van der Waals surface area contributed by atoms with E-state index in [4.69, 9.17) is 16.3 Å². The lowest BCUT2D eigenvalue weighted by Crippen LogP contribution is -2.40. The number of benzene rings is 1. The van der Waals surface area contributed by atoms with E-state index in [1.807, 2.05) is 0 Å². The van der Waals surface area contributed by atoms with Crippen LogP contribution < -0.4 is 0 Å². The highest BCUT2D eigenvalue weighted by Gasteiger charge is 2.19. The largest absolute Gasteiger partial charge is 0.378 e. The summed E-state index contributed by atoms with van der Waals surface area (Å²) in [6.07, 6.45) is 1.47. The van der Waals surface area contributed by atoms with E-state index >= 15 is 0 Å². The van der Waals surface area contributed by atoms with E-state index in [9.17, 15) is 9.18 Å². The Kier molecular flexibility index (Phi) is 4.36. The molecule has 4 nitrogen and oxygen atoms in total. The maximum Gasteiger partial charge on any atom is 0.255 e. The molecule has 1 aromatic heterocycles. The number of ether oxygens (including phenoxy) is 1. The molecule has 22 heavy (non-hydrogen) atoms. The number of pyridine rings is 1. The van der Waals surface area contributed by atoms with Crippen LogP contribution in [0.15, 0.2) is 36.5 Å². The number of aromatic nitrogens is 1. The van der Waals surface area contributed by atoms with Crippen LogP contribution in [0.3, 0.4) is 0 Å². The second kappa shape index (κ2) is 6.42. The molecule has 1 amide bonds. The topological polar surface area (TPSA) is 42.4 Å². The van der Waals surface area contributed by atoms with E-state index in [-0.39, 0.29) is 10.9 Å². The molecular weight excluding hydrogens is 307 g/mol. The molecule has 1 aliphatic heterocycles. The van der Waals surface area contributed by atoms with Crippen molar-refractivity contribution in [3.8, 4) is 11.3 Å². The molecule has 1 saturated heterocycles. The molecule has 0 bridgehead atoms. The fraction of sp³-hybridized carbons (Fsp3) is 0.250. The van der Waals surface area contributed by atoms with Crippen LogP contribution in [-0.2, 0) is 4.74 Å². The Balaban J connectivity index is 1.83. The normalized spacial score (nSPS) is 14.9. The summed E-state index contributed by atoms with van der Waals surface area (Å²) in [5.74, 6) is -0.599. The van der Waals surface area contributed by atoms with E-state index in [0.717, 1.165) is 0 Å². The molecule has 2 aromatic rings. The lowest BCUT2D eigenvalue weighted by atomic mass is 10.1. The Hall–Kier alpha value is -1.98. The van der Waals surface area contributed by atoms with E-state index in [2.05, 4.69) is 4.98 Å². The lowest BCUT2D eigenvalue weighted by molar-refractivity contribution is 0.0302. The fourth-order valence-electron chi connectivity index (χ4n) is 2.33. The Morgan fingerprint density at radius 1 is 1.23 bits per heavy atom. The number of amides is 1. The van der Waals surface area contributed by atoms with Crippen LogP contribution in [0.2, 0.25) is 5.02 Å². The highest BCUT2D eigenvalue weighted by atomic mass is 35.5. The molecule has 1 aromatic carbocycles. The molecule has 0 N–H and O–H groups in total. The van der Waals surface area contributed by atoms with Gasteiger partial charge in [-0.25, -0.2) is 4.39 Å². The van der Waals surface area contributed by atoms with Gasteiger partial charge in [0.1, 0.15) is 0 Å². The van der Waals surface area contributed by atoms with Crippen molar-refractivity contribution in [1.29, 1.82) is 0 Å². The summed E-state index contributed by atoms with van der Waals surface area (Å²) in [5, 5.41) is 0.0489. The van der Waals surface area contributed by atoms with Crippen molar-refractivity contribution in [2.24, 2.45) is 0 Å². The Morgan fingerprint density at radius 2 is 2.00 bits per heavy atom. The zero-order valence-electron chi connectivity index (χ0n) is 11.8. The zero-order valence-corrected chi connectivity index (χ0v) is 12.5. The molecule has 3 rings (SSSR count). The van der Waals surface area contributed by atoms with Gasteiger partial charge in [-0.15, -0.1) is 0 Å². The van der Waals surface area contributed by atoms with Crippen molar-refractivity contribution in [1.82, 2.24) is 9.88 Å². The first-order valence-electron chi connectivity index (χ1n) is 6.94. The molecule has 1 aliphatic rings. The number of hydrogen-bond donors (Lipinski definition) is 0. The standard InChI is InChI=1S/C16H14ClFN2O2/c17-13-3-1-2-12(15(13)18)14-5-4-11(10-19-14)16(21)20-6-8-22-9-7-20/h1-5,10H,6-9H2. The van der Waals surface area contributed by atoms with Gasteiger partial charge < -0.3 is 9.64 Å². The van der Waals surface area contributed by atoms with Crippen molar-refractivity contribution in [2.45, 2.75) is 0 Å². The number of rotatable bonds is 2. The first-order valence-corrected chi connectivity index (χ1v) is 7.32. The summed E-state index contributed by atoms with van der Waals surface area (Å²) in [6.45, 7) is 2.24. The quantitative estimate of drug-likeness (QED) is 0.854. The summed E-state index contributed by atoms with van der Waals surface area (Å²) in [7, 11) is 0. The molecule has 0 saturated carbocycles. The average Bonchev–Trinajstić information content (AvgIpc) is 2.58. The predicted octanol–water partition coefficient (Wildman–Crippen LogP) is 3.01. The van der Waals surface area contributed by atoms with Crippen LogP contribution in [0.25, 0.3) is 11.3 Å². The molecule has 2 heterocycles. The second-order valence-corrected chi connectivity index (χ2v) is 5.35. The summed E-state index contributed by atoms with van der Waals surface area (Å²) < 4.78 is 19.2. The third kappa shape index (κ3) is 2.96. The summed E-state index contributed by atoms with van der Waals surface area (Å²) >= 11 is 5.77. The SMILES string of the molecule is O=C(c1ccc(-c2cccc(Cl)c2F)nc1)N1CCOCC1. The number of halogens is 2. The number of carbonyl (C=O) groups is 1. The minimum atomic E-state index is -0.510. The van der Waals surface area contributed by atoms with E-state index in [0.29, 0.717) is 43.1 Å². The van der Waals surface area contributed by atoms with Crippen molar-refractivity contribution in [3.63, 3.8) is 0 Å². The van der Waals surface area contributed by atoms with Crippen LogP contribution in [-0.4, -0.2) is 42.1 Å². The lowest BCUT2D eigenvalue weighted by Gasteiger charge is -2.26. The number of morpholine rings is 1. The third-order valence-corrected chi connectivity index (χ3v) is 3.83. The summed E-state index contributed by atoms with van der Waals surface area (Å²) in [4.78, 5) is 18.2. The van der Waals surface area contributed by atoms with Gasteiger partial charge in [-0.05, 0) is 24.3 Å². The first-order chi connectivity index (χ1) is 10.7. The van der Waals surface area contributed by atoms with Gasteiger partial charge in [-0.2, -0.15) is 0 Å². The van der Waals surface area contributed by atoms with Crippen LogP contribution >= 0.6 is 11.6 Å². The number of carbonyl (C=O) groups excluding carboxylic acids is 1. The molecule has 1 fully saturated rings. The van der Waals surface area contributed by atoms with Gasteiger partial charge >= 0.3 is 0 Å². The van der Waals surface area contributed by atoms with Crippen LogP contribution in [0.5, 0.6) is 0 Å².